The average Bonchev–Trinajstić information content (AvgIpc) is 3.46. The van der Waals surface area contributed by atoms with Crippen LogP contribution < -0.4 is 4.90 Å². The molecule has 1 N–H and O–H groups in total. The van der Waals surface area contributed by atoms with Gasteiger partial charge in [0.15, 0.2) is 0 Å². The Balaban J connectivity index is 1.20. The second kappa shape index (κ2) is 12.5. The minimum atomic E-state index is -3.87. The van der Waals surface area contributed by atoms with Crippen molar-refractivity contribution in [3.8, 4) is 11.3 Å². The molecule has 1 heterocycles. The number of carboxylic acids is 1. The van der Waals surface area contributed by atoms with Crippen LogP contribution in [0.15, 0.2) is 83.1 Å². The molecule has 3 aromatic carbocycles. The van der Waals surface area contributed by atoms with Gasteiger partial charge in [0.2, 0.25) is 10.0 Å². The highest BCUT2D eigenvalue weighted by Crippen LogP contribution is 2.33. The number of aromatic carboxylic acids is 1. The molecule has 1 fully saturated rings. The zero-order valence-corrected chi connectivity index (χ0v) is 25.0. The fourth-order valence-electron chi connectivity index (χ4n) is 5.34. The Morgan fingerprint density at radius 1 is 0.951 bits per heavy atom. The molecule has 0 atom stereocenters. The number of nitrogens with zero attached hydrogens (tertiary/aromatic N) is 3. The van der Waals surface area contributed by atoms with Crippen LogP contribution in [0.25, 0.3) is 11.3 Å². The fraction of sp³-hybridized carbons (Fsp3) is 0.312. The van der Waals surface area contributed by atoms with E-state index in [2.05, 4.69) is 53.3 Å². The van der Waals surface area contributed by atoms with Crippen molar-refractivity contribution in [1.82, 2.24) is 9.29 Å². The zero-order valence-electron chi connectivity index (χ0n) is 23.4. The topological polar surface area (TPSA) is 90.8 Å². The summed E-state index contributed by atoms with van der Waals surface area (Å²) in [6, 6.07) is 22.7. The summed E-state index contributed by atoms with van der Waals surface area (Å²) in [5.41, 5.74) is 5.54. The van der Waals surface area contributed by atoms with Crippen molar-refractivity contribution in [3.63, 3.8) is 0 Å². The predicted octanol–water partition coefficient (Wildman–Crippen LogP) is 7.01. The molecule has 214 valence electrons. The number of hydrogen-bond donors (Lipinski definition) is 1. The van der Waals surface area contributed by atoms with E-state index < -0.39 is 16.0 Å². The Morgan fingerprint density at radius 3 is 2.34 bits per heavy atom. The van der Waals surface area contributed by atoms with Gasteiger partial charge in [-0.25, -0.2) is 18.2 Å². The van der Waals surface area contributed by atoms with Gasteiger partial charge in [0.25, 0.3) is 0 Å². The summed E-state index contributed by atoms with van der Waals surface area (Å²) < 4.78 is 27.2. The number of sulfonamides is 1. The maximum Gasteiger partial charge on any atom is 0.335 e. The lowest BCUT2D eigenvalue weighted by molar-refractivity contribution is 0.0696. The zero-order chi connectivity index (χ0) is 29.0. The predicted molar refractivity (Wildman–Crippen MR) is 164 cm³/mol. The van der Waals surface area contributed by atoms with E-state index in [-0.39, 0.29) is 17.0 Å². The van der Waals surface area contributed by atoms with Crippen LogP contribution in [0.1, 0.15) is 64.5 Å². The van der Waals surface area contributed by atoms with Crippen LogP contribution in [-0.2, 0) is 23.1 Å². The summed E-state index contributed by atoms with van der Waals surface area (Å²) in [5, 5.41) is 11.8. The summed E-state index contributed by atoms with van der Waals surface area (Å²) in [6.07, 6.45) is 6.68. The Hall–Kier alpha value is -3.53. The molecule has 0 unspecified atom stereocenters. The van der Waals surface area contributed by atoms with E-state index in [1.165, 1.54) is 90.2 Å². The number of anilines is 1. The van der Waals surface area contributed by atoms with Gasteiger partial charge in [0.05, 0.1) is 22.7 Å². The Labute approximate surface area is 246 Å². The molecule has 1 aliphatic rings. The molecule has 9 heteroatoms. The van der Waals surface area contributed by atoms with Gasteiger partial charge in [-0.3, -0.25) is 0 Å². The van der Waals surface area contributed by atoms with E-state index in [0.29, 0.717) is 5.01 Å². The summed E-state index contributed by atoms with van der Waals surface area (Å²) in [4.78, 5) is 18.1. The van der Waals surface area contributed by atoms with E-state index in [9.17, 15) is 18.3 Å². The van der Waals surface area contributed by atoms with Crippen molar-refractivity contribution in [3.05, 3.63) is 99.9 Å². The van der Waals surface area contributed by atoms with Crippen LogP contribution in [0.4, 0.5) is 5.69 Å². The van der Waals surface area contributed by atoms with E-state index >= 15 is 0 Å². The van der Waals surface area contributed by atoms with Crippen molar-refractivity contribution in [2.45, 2.75) is 56.0 Å². The second-order valence-corrected chi connectivity index (χ2v) is 13.7. The van der Waals surface area contributed by atoms with Crippen LogP contribution in [0.2, 0.25) is 0 Å². The molecule has 7 nitrogen and oxygen atoms in total. The molecule has 1 aliphatic carbocycles. The number of hydrogen-bond acceptors (Lipinski definition) is 6. The SMILES string of the molecule is CN(Cc1ccc(C2CCCCC2)cc1)c1ccc(-c2csc(CN(C)S(=O)(=O)c3cccc(C(=O)O)c3)n2)cc1. The molecule has 41 heavy (non-hydrogen) atoms. The van der Waals surface area contributed by atoms with Gasteiger partial charge in [-0.2, -0.15) is 4.31 Å². The molecule has 0 amide bonds. The van der Waals surface area contributed by atoms with Gasteiger partial charge < -0.3 is 10.0 Å². The number of thiazole rings is 1. The first kappa shape index (κ1) is 29.0. The first-order valence-corrected chi connectivity index (χ1v) is 16.2. The van der Waals surface area contributed by atoms with Crippen molar-refractivity contribution >= 4 is 33.0 Å². The molecule has 1 saturated carbocycles. The third-order valence-electron chi connectivity index (χ3n) is 7.78. The standard InChI is InChI=1S/C32H35N3O4S2/c1-34(20-23-11-13-25(14-12-23)24-7-4-3-5-8-24)28-17-15-26(16-18-28)30-22-40-31(33-30)21-35(2)41(38,39)29-10-6-9-27(19-29)32(36)37/h6,9-19,22,24H,3-5,7-8,20-21H2,1-2H3,(H,36,37). The summed E-state index contributed by atoms with van der Waals surface area (Å²) in [5.74, 6) is -0.454. The van der Waals surface area contributed by atoms with Crippen LogP contribution in [0.3, 0.4) is 0 Å². The average molecular weight is 590 g/mol. The van der Waals surface area contributed by atoms with Gasteiger partial charge in [0.1, 0.15) is 5.01 Å². The molecule has 0 bridgehead atoms. The number of rotatable bonds is 10. The molecular formula is C32H35N3O4S2. The highest BCUT2D eigenvalue weighted by atomic mass is 32.2. The largest absolute Gasteiger partial charge is 0.478 e. The van der Waals surface area contributed by atoms with E-state index in [1.807, 2.05) is 17.5 Å². The Morgan fingerprint density at radius 2 is 1.66 bits per heavy atom. The minimum absolute atomic E-state index is 0.0587. The van der Waals surface area contributed by atoms with E-state index in [0.717, 1.165) is 29.4 Å². The third-order valence-corrected chi connectivity index (χ3v) is 10.4. The molecule has 0 radical (unpaired) electrons. The second-order valence-electron chi connectivity index (χ2n) is 10.7. The molecular weight excluding hydrogens is 555 g/mol. The number of benzene rings is 3. The van der Waals surface area contributed by atoms with Crippen LogP contribution in [0, 0.1) is 0 Å². The Bertz CT molecular complexity index is 1590. The molecule has 0 spiro atoms. The normalized spacial score (nSPS) is 14.3. The van der Waals surface area contributed by atoms with Crippen LogP contribution in [0.5, 0.6) is 0 Å². The lowest BCUT2D eigenvalue weighted by Gasteiger charge is -2.23. The van der Waals surface area contributed by atoms with E-state index in [4.69, 9.17) is 0 Å². The maximum absolute atomic E-state index is 13.0. The van der Waals surface area contributed by atoms with Gasteiger partial charge in [-0.1, -0.05) is 61.7 Å². The summed E-state index contributed by atoms with van der Waals surface area (Å²) in [7, 11) is -0.306. The van der Waals surface area contributed by atoms with Gasteiger partial charge >= 0.3 is 5.97 Å². The number of aromatic nitrogens is 1. The Kier molecular flexibility index (Phi) is 8.87. The molecule has 4 aromatic rings. The fourth-order valence-corrected chi connectivity index (χ4v) is 7.46. The van der Waals surface area contributed by atoms with Gasteiger partial charge in [0, 0.05) is 37.3 Å². The van der Waals surface area contributed by atoms with E-state index in [1.54, 1.807) is 0 Å². The first-order chi connectivity index (χ1) is 19.7. The maximum atomic E-state index is 13.0. The van der Waals surface area contributed by atoms with Crippen molar-refractivity contribution in [2.75, 3.05) is 19.0 Å². The first-order valence-electron chi connectivity index (χ1n) is 13.9. The smallest absolute Gasteiger partial charge is 0.335 e. The minimum Gasteiger partial charge on any atom is -0.478 e. The van der Waals surface area contributed by atoms with Crippen LogP contribution in [-0.4, -0.2) is 42.9 Å². The quantitative estimate of drug-likeness (QED) is 0.214. The van der Waals surface area contributed by atoms with Gasteiger partial charge in [-0.15, -0.1) is 11.3 Å². The third kappa shape index (κ3) is 6.86. The highest BCUT2D eigenvalue weighted by Gasteiger charge is 2.23. The van der Waals surface area contributed by atoms with Gasteiger partial charge in [-0.05, 0) is 60.2 Å². The molecule has 0 saturated heterocycles. The lowest BCUT2D eigenvalue weighted by atomic mass is 9.84. The highest BCUT2D eigenvalue weighted by molar-refractivity contribution is 7.89. The van der Waals surface area contributed by atoms with Crippen molar-refractivity contribution in [2.24, 2.45) is 0 Å². The number of carboxylic acid groups (broad SMARTS) is 1. The molecule has 1 aromatic heterocycles. The lowest BCUT2D eigenvalue weighted by Crippen LogP contribution is -2.26. The van der Waals surface area contributed by atoms with Crippen LogP contribution >= 0.6 is 11.3 Å². The monoisotopic (exact) mass is 589 g/mol. The summed E-state index contributed by atoms with van der Waals surface area (Å²) >= 11 is 1.39. The molecule has 0 aliphatic heterocycles. The number of carbonyl (C=O) groups is 1. The summed E-state index contributed by atoms with van der Waals surface area (Å²) in [6.45, 7) is 0.909. The van der Waals surface area contributed by atoms with Crippen molar-refractivity contribution < 1.29 is 18.3 Å². The molecule has 5 rings (SSSR count). The van der Waals surface area contributed by atoms with Crippen molar-refractivity contribution in [1.29, 1.82) is 0 Å².